The van der Waals surface area contributed by atoms with Crippen LogP contribution in [0.2, 0.25) is 5.02 Å². The summed E-state index contributed by atoms with van der Waals surface area (Å²) in [6.07, 6.45) is -3.34. The van der Waals surface area contributed by atoms with Crippen LogP contribution in [0.5, 0.6) is 0 Å². The van der Waals surface area contributed by atoms with Gasteiger partial charge in [0.15, 0.2) is 0 Å². The summed E-state index contributed by atoms with van der Waals surface area (Å²) < 4.78 is 45.1. The summed E-state index contributed by atoms with van der Waals surface area (Å²) in [6.45, 7) is 3.70. The predicted molar refractivity (Wildman–Crippen MR) is 91.0 cm³/mol. The van der Waals surface area contributed by atoms with Crippen LogP contribution in [0.3, 0.4) is 0 Å². The normalized spacial score (nSPS) is 17.0. The van der Waals surface area contributed by atoms with E-state index in [2.05, 4.69) is 5.10 Å². The Balaban J connectivity index is 2.01. The Hall–Kier alpha value is -2.55. The molecule has 0 N–H and O–H groups in total. The summed E-state index contributed by atoms with van der Waals surface area (Å²) in [5.41, 5.74) is -0.741. The Bertz CT molecular complexity index is 911. The zero-order valence-corrected chi connectivity index (χ0v) is 15.1. The lowest BCUT2D eigenvalue weighted by Gasteiger charge is -2.32. The molecule has 10 heteroatoms. The second-order valence-electron chi connectivity index (χ2n) is 6.00. The average Bonchev–Trinajstić information content (AvgIpc) is 3.03. The SMILES string of the molecule is CCOC(=O)c1cnn2c1C(=O)N(c1ccc(C(F)(F)F)c(Cl)c1)C[C@@H]2C. The average molecular weight is 402 g/mol. The van der Waals surface area contributed by atoms with Gasteiger partial charge in [-0.1, -0.05) is 11.6 Å². The van der Waals surface area contributed by atoms with E-state index in [1.54, 1.807) is 13.8 Å². The quantitative estimate of drug-likeness (QED) is 0.730. The number of rotatable bonds is 3. The molecule has 144 valence electrons. The van der Waals surface area contributed by atoms with Crippen molar-refractivity contribution in [2.24, 2.45) is 0 Å². The van der Waals surface area contributed by atoms with Crippen LogP contribution in [-0.4, -0.2) is 34.8 Å². The molecular weight excluding hydrogens is 387 g/mol. The van der Waals surface area contributed by atoms with Crippen LogP contribution in [-0.2, 0) is 10.9 Å². The minimum Gasteiger partial charge on any atom is -0.462 e. The first-order valence-electron chi connectivity index (χ1n) is 8.08. The number of halogens is 4. The lowest BCUT2D eigenvalue weighted by Crippen LogP contribution is -2.43. The smallest absolute Gasteiger partial charge is 0.417 e. The van der Waals surface area contributed by atoms with E-state index in [9.17, 15) is 22.8 Å². The largest absolute Gasteiger partial charge is 0.462 e. The first-order valence-corrected chi connectivity index (χ1v) is 8.46. The lowest BCUT2D eigenvalue weighted by atomic mass is 10.1. The number of esters is 1. The second kappa shape index (κ2) is 6.88. The van der Waals surface area contributed by atoms with Gasteiger partial charge >= 0.3 is 12.1 Å². The number of amides is 1. The zero-order chi connectivity index (χ0) is 19.9. The van der Waals surface area contributed by atoms with Gasteiger partial charge in [0.1, 0.15) is 11.3 Å². The number of anilines is 1. The number of aromatic nitrogens is 2. The summed E-state index contributed by atoms with van der Waals surface area (Å²) in [4.78, 5) is 26.3. The monoisotopic (exact) mass is 401 g/mol. The Morgan fingerprint density at radius 2 is 2.11 bits per heavy atom. The fourth-order valence-electron chi connectivity index (χ4n) is 2.94. The van der Waals surface area contributed by atoms with Crippen LogP contribution in [0.1, 0.15) is 46.3 Å². The van der Waals surface area contributed by atoms with Gasteiger partial charge < -0.3 is 9.64 Å². The number of hydrogen-bond donors (Lipinski definition) is 0. The molecule has 1 aliphatic rings. The number of hydrogen-bond acceptors (Lipinski definition) is 4. The molecule has 0 radical (unpaired) electrons. The van der Waals surface area contributed by atoms with Crippen molar-refractivity contribution < 1.29 is 27.5 Å². The van der Waals surface area contributed by atoms with E-state index in [1.807, 2.05) is 0 Å². The molecule has 1 aromatic heterocycles. The first-order chi connectivity index (χ1) is 12.6. The van der Waals surface area contributed by atoms with E-state index in [1.165, 1.54) is 21.8 Å². The number of carbonyl (C=O) groups excluding carboxylic acids is 2. The van der Waals surface area contributed by atoms with Crippen LogP contribution in [0.25, 0.3) is 0 Å². The van der Waals surface area contributed by atoms with E-state index in [0.717, 1.165) is 12.1 Å². The molecule has 2 heterocycles. The molecule has 1 aliphatic heterocycles. The van der Waals surface area contributed by atoms with E-state index in [4.69, 9.17) is 16.3 Å². The van der Waals surface area contributed by atoms with Crippen molar-refractivity contribution in [3.05, 3.63) is 46.2 Å². The van der Waals surface area contributed by atoms with Gasteiger partial charge in [0.2, 0.25) is 0 Å². The van der Waals surface area contributed by atoms with E-state index in [-0.39, 0.29) is 36.1 Å². The summed E-state index contributed by atoms with van der Waals surface area (Å²) in [5.74, 6) is -1.25. The minimum absolute atomic E-state index is 0.0106. The van der Waals surface area contributed by atoms with Gasteiger partial charge in [0, 0.05) is 12.2 Å². The van der Waals surface area contributed by atoms with Crippen LogP contribution in [0, 0.1) is 0 Å². The van der Waals surface area contributed by atoms with E-state index in [0.29, 0.717) is 0 Å². The number of carbonyl (C=O) groups is 2. The maximum atomic E-state index is 12.9. The highest BCUT2D eigenvalue weighted by Crippen LogP contribution is 2.37. The maximum Gasteiger partial charge on any atom is 0.417 e. The van der Waals surface area contributed by atoms with Crippen molar-refractivity contribution >= 4 is 29.2 Å². The van der Waals surface area contributed by atoms with E-state index >= 15 is 0 Å². The molecule has 27 heavy (non-hydrogen) atoms. The summed E-state index contributed by atoms with van der Waals surface area (Å²) in [6, 6.07) is 2.79. The molecule has 0 fully saturated rings. The molecule has 1 aromatic carbocycles. The summed E-state index contributed by atoms with van der Waals surface area (Å²) in [7, 11) is 0. The van der Waals surface area contributed by atoms with Gasteiger partial charge in [-0.25, -0.2) is 4.79 Å². The third kappa shape index (κ3) is 3.39. The number of alkyl halides is 3. The van der Waals surface area contributed by atoms with Gasteiger partial charge in [-0.05, 0) is 32.0 Å². The maximum absolute atomic E-state index is 12.9. The fourth-order valence-corrected chi connectivity index (χ4v) is 3.23. The standard InChI is InChI=1S/C17H15ClF3N3O3/c1-3-27-16(26)11-7-22-24-9(2)8-23(15(25)14(11)24)10-4-5-12(13(18)6-10)17(19,20)21/h4-7,9H,3,8H2,1-2H3/t9-/m0/s1. The summed E-state index contributed by atoms with van der Waals surface area (Å²) in [5, 5.41) is 3.57. The summed E-state index contributed by atoms with van der Waals surface area (Å²) >= 11 is 5.77. The number of nitrogens with zero attached hydrogens (tertiary/aromatic N) is 3. The molecule has 0 saturated carbocycles. The van der Waals surface area contributed by atoms with Gasteiger partial charge in [0.05, 0.1) is 29.4 Å². The van der Waals surface area contributed by atoms with Gasteiger partial charge in [0.25, 0.3) is 5.91 Å². The van der Waals surface area contributed by atoms with Crippen molar-refractivity contribution in [2.75, 3.05) is 18.1 Å². The Morgan fingerprint density at radius 1 is 1.41 bits per heavy atom. The lowest BCUT2D eigenvalue weighted by molar-refractivity contribution is -0.137. The highest BCUT2D eigenvalue weighted by molar-refractivity contribution is 6.31. The topological polar surface area (TPSA) is 64.4 Å². The molecule has 0 spiro atoms. The number of fused-ring (bicyclic) bond motifs is 1. The molecule has 1 atom stereocenters. The van der Waals surface area contributed by atoms with E-state index < -0.39 is 28.6 Å². The highest BCUT2D eigenvalue weighted by Gasteiger charge is 2.37. The molecule has 0 unspecified atom stereocenters. The Kier molecular flexibility index (Phi) is 4.90. The first kappa shape index (κ1) is 19.2. The Labute approximate surface area is 157 Å². The van der Waals surface area contributed by atoms with Crippen LogP contribution >= 0.6 is 11.6 Å². The predicted octanol–water partition coefficient (Wildman–Crippen LogP) is 3.95. The molecule has 1 amide bonds. The van der Waals surface area contributed by atoms with Crippen molar-refractivity contribution in [1.29, 1.82) is 0 Å². The molecule has 0 aliphatic carbocycles. The van der Waals surface area contributed by atoms with Crippen LogP contribution < -0.4 is 4.90 Å². The van der Waals surface area contributed by atoms with Crippen molar-refractivity contribution in [3.8, 4) is 0 Å². The minimum atomic E-state index is -4.59. The van der Waals surface area contributed by atoms with Gasteiger partial charge in [-0.2, -0.15) is 18.3 Å². The zero-order valence-electron chi connectivity index (χ0n) is 14.4. The number of benzene rings is 1. The Morgan fingerprint density at radius 3 is 2.70 bits per heavy atom. The van der Waals surface area contributed by atoms with Gasteiger partial charge in [-0.3, -0.25) is 9.48 Å². The molecule has 0 bridgehead atoms. The molecular formula is C17H15ClF3N3O3. The molecule has 3 rings (SSSR count). The third-order valence-electron chi connectivity index (χ3n) is 4.17. The van der Waals surface area contributed by atoms with Crippen molar-refractivity contribution in [1.82, 2.24) is 9.78 Å². The van der Waals surface area contributed by atoms with Crippen molar-refractivity contribution in [3.63, 3.8) is 0 Å². The van der Waals surface area contributed by atoms with Crippen molar-refractivity contribution in [2.45, 2.75) is 26.1 Å². The number of ether oxygens (including phenoxy) is 1. The fraction of sp³-hybridized carbons (Fsp3) is 0.353. The van der Waals surface area contributed by atoms with Crippen LogP contribution in [0.15, 0.2) is 24.4 Å². The van der Waals surface area contributed by atoms with Gasteiger partial charge in [-0.15, -0.1) is 0 Å². The molecule has 0 saturated heterocycles. The molecule has 6 nitrogen and oxygen atoms in total. The third-order valence-corrected chi connectivity index (χ3v) is 4.49. The van der Waals surface area contributed by atoms with Crippen LogP contribution in [0.4, 0.5) is 18.9 Å². The molecule has 2 aromatic rings. The highest BCUT2D eigenvalue weighted by atomic mass is 35.5. The second-order valence-corrected chi connectivity index (χ2v) is 6.41.